The third kappa shape index (κ3) is 3.07. The summed E-state index contributed by atoms with van der Waals surface area (Å²) in [6.07, 6.45) is 2.50. The van der Waals surface area contributed by atoms with Crippen molar-refractivity contribution in [1.82, 2.24) is 10.3 Å². The van der Waals surface area contributed by atoms with Crippen molar-refractivity contribution in [2.45, 2.75) is 45.2 Å². The van der Waals surface area contributed by atoms with E-state index in [0.717, 1.165) is 17.1 Å². The lowest BCUT2D eigenvalue weighted by Crippen LogP contribution is -2.21. The van der Waals surface area contributed by atoms with Crippen LogP contribution in [0.3, 0.4) is 0 Å². The quantitative estimate of drug-likeness (QED) is 0.887. The normalized spacial score (nSPS) is 15.0. The zero-order valence-corrected chi connectivity index (χ0v) is 12.6. The Hall–Kier alpha value is -1.26. The molecule has 0 saturated heterocycles. The Morgan fingerprint density at radius 3 is 2.60 bits per heavy atom. The molecule has 0 spiro atoms. The lowest BCUT2D eigenvalue weighted by molar-refractivity contribution is 0.590. The maximum absolute atomic E-state index is 13.0. The first-order valence-electron chi connectivity index (χ1n) is 7.12. The van der Waals surface area contributed by atoms with Crippen LogP contribution < -0.4 is 5.32 Å². The summed E-state index contributed by atoms with van der Waals surface area (Å²) in [5.74, 6) is 0.443. The molecule has 1 fully saturated rings. The average molecular weight is 290 g/mol. The molecule has 1 saturated carbocycles. The van der Waals surface area contributed by atoms with E-state index in [1.165, 1.54) is 35.5 Å². The number of nitrogens with zero attached hydrogens (tertiary/aromatic N) is 1. The first-order chi connectivity index (χ1) is 9.63. The maximum atomic E-state index is 13.0. The average Bonchev–Trinajstić information content (AvgIpc) is 3.18. The fourth-order valence-corrected chi connectivity index (χ4v) is 3.28. The van der Waals surface area contributed by atoms with Crippen LogP contribution in [-0.4, -0.2) is 11.0 Å². The fourth-order valence-electron chi connectivity index (χ4n) is 2.18. The van der Waals surface area contributed by atoms with Gasteiger partial charge in [-0.25, -0.2) is 9.37 Å². The molecule has 20 heavy (non-hydrogen) atoms. The van der Waals surface area contributed by atoms with Crippen LogP contribution in [0.1, 0.15) is 43.2 Å². The van der Waals surface area contributed by atoms with Crippen LogP contribution in [0, 0.1) is 5.82 Å². The van der Waals surface area contributed by atoms with Crippen LogP contribution >= 0.6 is 11.3 Å². The lowest BCUT2D eigenvalue weighted by Gasteiger charge is -2.07. The van der Waals surface area contributed by atoms with Crippen molar-refractivity contribution in [2.75, 3.05) is 0 Å². The molecule has 1 aliphatic rings. The predicted molar refractivity (Wildman–Crippen MR) is 81.5 cm³/mol. The van der Waals surface area contributed by atoms with E-state index < -0.39 is 0 Å². The highest BCUT2D eigenvalue weighted by Gasteiger charge is 2.29. The lowest BCUT2D eigenvalue weighted by atomic mass is 10.2. The molecule has 0 atom stereocenters. The number of hydrogen-bond donors (Lipinski definition) is 1. The molecule has 2 nitrogen and oxygen atoms in total. The van der Waals surface area contributed by atoms with Crippen molar-refractivity contribution >= 4 is 11.3 Å². The highest BCUT2D eigenvalue weighted by Crippen LogP contribution is 2.44. The Morgan fingerprint density at radius 1 is 1.30 bits per heavy atom. The smallest absolute Gasteiger partial charge is 0.123 e. The Balaban J connectivity index is 1.88. The standard InChI is InChI=1S/C16H19FN2S/c1-10(2)18-9-14-15(11-3-4-11)19-16(20-14)12-5-7-13(17)8-6-12/h5-8,10-11,18H,3-4,9H2,1-2H3. The minimum atomic E-state index is -0.200. The van der Waals surface area contributed by atoms with Gasteiger partial charge in [0.15, 0.2) is 0 Å². The number of rotatable bonds is 5. The summed E-state index contributed by atoms with van der Waals surface area (Å²) in [5.41, 5.74) is 2.26. The first kappa shape index (κ1) is 13.7. The third-order valence-corrected chi connectivity index (χ3v) is 4.57. The highest BCUT2D eigenvalue weighted by molar-refractivity contribution is 7.15. The molecule has 1 aromatic carbocycles. The number of hydrogen-bond acceptors (Lipinski definition) is 3. The molecule has 0 aliphatic heterocycles. The van der Waals surface area contributed by atoms with Gasteiger partial charge in [0.25, 0.3) is 0 Å². The van der Waals surface area contributed by atoms with E-state index in [0.29, 0.717) is 12.0 Å². The van der Waals surface area contributed by atoms with E-state index in [9.17, 15) is 4.39 Å². The second-order valence-corrected chi connectivity index (χ2v) is 6.73. The second kappa shape index (κ2) is 5.62. The van der Waals surface area contributed by atoms with Crippen molar-refractivity contribution < 1.29 is 4.39 Å². The third-order valence-electron chi connectivity index (χ3n) is 3.45. The van der Waals surface area contributed by atoms with Crippen LogP contribution in [-0.2, 0) is 6.54 Å². The second-order valence-electron chi connectivity index (χ2n) is 5.64. The van der Waals surface area contributed by atoms with E-state index in [-0.39, 0.29) is 5.82 Å². The van der Waals surface area contributed by atoms with Gasteiger partial charge < -0.3 is 5.32 Å². The van der Waals surface area contributed by atoms with E-state index in [4.69, 9.17) is 4.98 Å². The number of thiazole rings is 1. The van der Waals surface area contributed by atoms with Gasteiger partial charge in [-0.15, -0.1) is 11.3 Å². The van der Waals surface area contributed by atoms with Crippen molar-refractivity contribution in [3.8, 4) is 10.6 Å². The van der Waals surface area contributed by atoms with Crippen LogP contribution in [0.5, 0.6) is 0 Å². The molecule has 0 amide bonds. The van der Waals surface area contributed by atoms with E-state index in [1.807, 2.05) is 12.1 Å². The minimum absolute atomic E-state index is 0.200. The van der Waals surface area contributed by atoms with Crippen LogP contribution in [0.2, 0.25) is 0 Å². The summed E-state index contributed by atoms with van der Waals surface area (Å²) in [6, 6.07) is 7.09. The summed E-state index contributed by atoms with van der Waals surface area (Å²) >= 11 is 1.73. The molecule has 3 rings (SSSR count). The van der Waals surface area contributed by atoms with Gasteiger partial charge in [-0.1, -0.05) is 13.8 Å². The topological polar surface area (TPSA) is 24.9 Å². The van der Waals surface area contributed by atoms with E-state index in [2.05, 4.69) is 19.2 Å². The van der Waals surface area contributed by atoms with Crippen molar-refractivity contribution in [1.29, 1.82) is 0 Å². The van der Waals surface area contributed by atoms with Crippen molar-refractivity contribution in [3.05, 3.63) is 40.7 Å². The van der Waals surface area contributed by atoms with E-state index >= 15 is 0 Å². The highest BCUT2D eigenvalue weighted by atomic mass is 32.1. The largest absolute Gasteiger partial charge is 0.310 e. The summed E-state index contributed by atoms with van der Waals surface area (Å²) in [7, 11) is 0. The van der Waals surface area contributed by atoms with E-state index in [1.54, 1.807) is 11.3 Å². The predicted octanol–water partition coefficient (Wildman–Crippen LogP) is 4.32. The molecule has 2 aromatic rings. The zero-order chi connectivity index (χ0) is 14.1. The summed E-state index contributed by atoms with van der Waals surface area (Å²) in [5, 5.41) is 4.48. The molecule has 0 unspecified atom stereocenters. The number of benzene rings is 1. The van der Waals surface area contributed by atoms with Gasteiger partial charge >= 0.3 is 0 Å². The molecule has 1 aromatic heterocycles. The minimum Gasteiger partial charge on any atom is -0.310 e. The van der Waals surface area contributed by atoms with Crippen LogP contribution in [0.15, 0.2) is 24.3 Å². The molecule has 0 radical (unpaired) electrons. The molecular formula is C16H19FN2S. The van der Waals surface area contributed by atoms with Gasteiger partial charge in [0.05, 0.1) is 5.69 Å². The Kier molecular flexibility index (Phi) is 3.85. The maximum Gasteiger partial charge on any atom is 0.123 e. The molecule has 1 N–H and O–H groups in total. The van der Waals surface area contributed by atoms with Gasteiger partial charge in [0, 0.05) is 28.9 Å². The van der Waals surface area contributed by atoms with Gasteiger partial charge in [0.1, 0.15) is 10.8 Å². The summed E-state index contributed by atoms with van der Waals surface area (Å²) in [4.78, 5) is 6.14. The number of halogens is 1. The molecule has 4 heteroatoms. The summed E-state index contributed by atoms with van der Waals surface area (Å²) < 4.78 is 13.0. The van der Waals surface area contributed by atoms with Gasteiger partial charge in [-0.05, 0) is 37.1 Å². The van der Waals surface area contributed by atoms with Gasteiger partial charge in [0.2, 0.25) is 0 Å². The Morgan fingerprint density at radius 2 is 2.00 bits per heavy atom. The number of aromatic nitrogens is 1. The van der Waals surface area contributed by atoms with Crippen LogP contribution in [0.25, 0.3) is 10.6 Å². The number of nitrogens with one attached hydrogen (secondary N) is 1. The van der Waals surface area contributed by atoms with Gasteiger partial charge in [-0.2, -0.15) is 0 Å². The summed E-state index contributed by atoms with van der Waals surface area (Å²) in [6.45, 7) is 5.18. The fraction of sp³-hybridized carbons (Fsp3) is 0.438. The molecular weight excluding hydrogens is 271 g/mol. The first-order valence-corrected chi connectivity index (χ1v) is 7.94. The Bertz CT molecular complexity index is 585. The molecule has 0 bridgehead atoms. The molecule has 1 heterocycles. The zero-order valence-electron chi connectivity index (χ0n) is 11.8. The van der Waals surface area contributed by atoms with Crippen molar-refractivity contribution in [2.24, 2.45) is 0 Å². The molecule has 1 aliphatic carbocycles. The Labute approximate surface area is 123 Å². The van der Waals surface area contributed by atoms with Crippen LogP contribution in [0.4, 0.5) is 4.39 Å². The van der Waals surface area contributed by atoms with Gasteiger partial charge in [-0.3, -0.25) is 0 Å². The molecule has 106 valence electrons. The monoisotopic (exact) mass is 290 g/mol. The van der Waals surface area contributed by atoms with Crippen molar-refractivity contribution in [3.63, 3.8) is 0 Å². The SMILES string of the molecule is CC(C)NCc1sc(-c2ccc(F)cc2)nc1C1CC1.